The van der Waals surface area contributed by atoms with Crippen molar-refractivity contribution in [3.05, 3.63) is 66.1 Å². The highest BCUT2D eigenvalue weighted by Gasteiger charge is 2.12. The summed E-state index contributed by atoms with van der Waals surface area (Å²) in [5.74, 6) is 1.93. The summed E-state index contributed by atoms with van der Waals surface area (Å²) in [6.07, 6.45) is 1.61. The van der Waals surface area contributed by atoms with E-state index in [4.69, 9.17) is 9.15 Å². The molecular weight excluding hydrogens is 308 g/mol. The minimum Gasteiger partial charge on any atom is -0.496 e. The second-order valence-corrected chi connectivity index (χ2v) is 4.89. The molecule has 7 heteroatoms. The number of carbonyl (C=O) groups is 1. The first kappa shape index (κ1) is 15.5. The number of methoxy groups -OCH3 is 1. The van der Waals surface area contributed by atoms with Crippen molar-refractivity contribution in [1.82, 2.24) is 10.2 Å². The summed E-state index contributed by atoms with van der Waals surface area (Å²) < 4.78 is 10.4. The molecule has 1 amide bonds. The molecule has 2 aromatic heterocycles. The third-order valence-corrected chi connectivity index (χ3v) is 3.28. The maximum atomic E-state index is 12.3. The quantitative estimate of drug-likeness (QED) is 0.724. The molecule has 0 aliphatic rings. The molecule has 2 heterocycles. The summed E-state index contributed by atoms with van der Waals surface area (Å²) in [7, 11) is 1.52. The number of anilines is 2. The van der Waals surface area contributed by atoms with Crippen LogP contribution >= 0.6 is 0 Å². The van der Waals surface area contributed by atoms with Crippen molar-refractivity contribution in [1.29, 1.82) is 0 Å². The van der Waals surface area contributed by atoms with Gasteiger partial charge < -0.3 is 19.8 Å². The summed E-state index contributed by atoms with van der Waals surface area (Å²) >= 11 is 0. The number of benzene rings is 1. The highest BCUT2D eigenvalue weighted by Crippen LogP contribution is 2.18. The second kappa shape index (κ2) is 7.28. The fraction of sp³-hybridized carbons (Fsp3) is 0.118. The molecule has 24 heavy (non-hydrogen) atoms. The van der Waals surface area contributed by atoms with Gasteiger partial charge in [0.05, 0.1) is 25.5 Å². The van der Waals surface area contributed by atoms with Crippen LogP contribution in [0.25, 0.3) is 0 Å². The Labute approximate surface area is 138 Å². The van der Waals surface area contributed by atoms with E-state index in [0.29, 0.717) is 29.5 Å². The van der Waals surface area contributed by atoms with Gasteiger partial charge in [0.2, 0.25) is 0 Å². The topological polar surface area (TPSA) is 89.3 Å². The zero-order chi connectivity index (χ0) is 16.8. The van der Waals surface area contributed by atoms with Crippen molar-refractivity contribution in [3.8, 4) is 5.75 Å². The summed E-state index contributed by atoms with van der Waals surface area (Å²) in [5.41, 5.74) is 0.432. The third-order valence-electron chi connectivity index (χ3n) is 3.28. The lowest BCUT2D eigenvalue weighted by atomic mass is 10.2. The Morgan fingerprint density at radius 1 is 1.08 bits per heavy atom. The number of nitrogens with zero attached hydrogens (tertiary/aromatic N) is 2. The Kier molecular flexibility index (Phi) is 4.71. The van der Waals surface area contributed by atoms with Gasteiger partial charge in [0.25, 0.3) is 5.91 Å². The van der Waals surface area contributed by atoms with Crippen LogP contribution in [-0.4, -0.2) is 23.2 Å². The van der Waals surface area contributed by atoms with Crippen LogP contribution in [0.15, 0.2) is 59.2 Å². The van der Waals surface area contributed by atoms with Crippen molar-refractivity contribution in [2.24, 2.45) is 0 Å². The molecule has 0 radical (unpaired) electrons. The number of carbonyl (C=O) groups excluding carboxylic acids is 1. The number of para-hydroxylation sites is 1. The molecule has 3 rings (SSSR count). The first-order valence-corrected chi connectivity index (χ1v) is 7.30. The average Bonchev–Trinajstić information content (AvgIpc) is 3.14. The molecule has 0 bridgehead atoms. The number of hydrogen-bond acceptors (Lipinski definition) is 6. The van der Waals surface area contributed by atoms with Gasteiger partial charge in [0.15, 0.2) is 5.82 Å². The van der Waals surface area contributed by atoms with Crippen LogP contribution in [0.4, 0.5) is 11.6 Å². The molecule has 0 aliphatic heterocycles. The molecule has 0 aliphatic carbocycles. The highest BCUT2D eigenvalue weighted by molar-refractivity contribution is 6.05. The Balaban J connectivity index is 1.62. The van der Waals surface area contributed by atoms with Gasteiger partial charge in [-0.15, -0.1) is 10.2 Å². The fourth-order valence-electron chi connectivity index (χ4n) is 2.10. The van der Waals surface area contributed by atoms with Crippen molar-refractivity contribution in [3.63, 3.8) is 0 Å². The van der Waals surface area contributed by atoms with Crippen molar-refractivity contribution < 1.29 is 13.9 Å². The van der Waals surface area contributed by atoms with Crippen molar-refractivity contribution in [2.45, 2.75) is 6.54 Å². The van der Waals surface area contributed by atoms with Crippen LogP contribution in [0.3, 0.4) is 0 Å². The van der Waals surface area contributed by atoms with Crippen LogP contribution in [0.1, 0.15) is 16.1 Å². The number of amides is 1. The summed E-state index contributed by atoms with van der Waals surface area (Å²) in [6, 6.07) is 14.1. The predicted molar refractivity (Wildman–Crippen MR) is 89.0 cm³/mol. The molecule has 0 saturated heterocycles. The lowest BCUT2D eigenvalue weighted by Gasteiger charge is -2.08. The third kappa shape index (κ3) is 3.70. The van der Waals surface area contributed by atoms with E-state index >= 15 is 0 Å². The van der Waals surface area contributed by atoms with E-state index in [-0.39, 0.29) is 5.91 Å². The molecule has 7 nitrogen and oxygen atoms in total. The lowest BCUT2D eigenvalue weighted by molar-refractivity contribution is 0.102. The number of rotatable bonds is 6. The summed E-state index contributed by atoms with van der Waals surface area (Å²) in [6.45, 7) is 0.509. The van der Waals surface area contributed by atoms with E-state index in [1.54, 1.807) is 42.7 Å². The van der Waals surface area contributed by atoms with Crippen LogP contribution in [-0.2, 0) is 6.54 Å². The normalized spacial score (nSPS) is 10.2. The van der Waals surface area contributed by atoms with Crippen LogP contribution < -0.4 is 15.4 Å². The Bertz CT molecular complexity index is 801. The van der Waals surface area contributed by atoms with Crippen molar-refractivity contribution in [2.75, 3.05) is 17.7 Å². The van der Waals surface area contributed by atoms with Crippen molar-refractivity contribution >= 4 is 17.5 Å². The standard InChI is InChI=1S/C17H16N4O3/c1-23-14-7-3-2-6-13(14)17(22)19-16-9-8-15(20-21-16)18-11-12-5-4-10-24-12/h2-10H,11H2,1H3,(H,18,20)(H,19,21,22). The second-order valence-electron chi connectivity index (χ2n) is 4.89. The molecule has 0 saturated carbocycles. The number of hydrogen-bond donors (Lipinski definition) is 2. The Hall–Kier alpha value is -3.35. The number of aromatic nitrogens is 2. The number of nitrogens with one attached hydrogen (secondary N) is 2. The average molecular weight is 324 g/mol. The molecular formula is C17H16N4O3. The first-order chi connectivity index (χ1) is 11.8. The van der Waals surface area contributed by atoms with E-state index in [9.17, 15) is 4.79 Å². The van der Waals surface area contributed by atoms with Crippen LogP contribution in [0.2, 0.25) is 0 Å². The van der Waals surface area contributed by atoms with E-state index in [0.717, 1.165) is 5.76 Å². The van der Waals surface area contributed by atoms with Gasteiger partial charge in [-0.1, -0.05) is 12.1 Å². The molecule has 122 valence electrons. The van der Waals surface area contributed by atoms with Gasteiger partial charge >= 0.3 is 0 Å². The maximum Gasteiger partial charge on any atom is 0.260 e. The number of furan rings is 1. The van der Waals surface area contributed by atoms with Gasteiger partial charge in [-0.05, 0) is 36.4 Å². The molecule has 0 fully saturated rings. The van der Waals surface area contributed by atoms with Gasteiger partial charge in [-0.3, -0.25) is 4.79 Å². The molecule has 3 aromatic rings. The largest absolute Gasteiger partial charge is 0.496 e. The van der Waals surface area contributed by atoms with Gasteiger partial charge in [-0.25, -0.2) is 0 Å². The fourth-order valence-corrected chi connectivity index (χ4v) is 2.10. The maximum absolute atomic E-state index is 12.3. The minimum atomic E-state index is -0.307. The van der Waals surface area contributed by atoms with E-state index in [1.165, 1.54) is 7.11 Å². The number of ether oxygens (including phenoxy) is 1. The first-order valence-electron chi connectivity index (χ1n) is 7.30. The SMILES string of the molecule is COc1ccccc1C(=O)Nc1ccc(NCc2ccco2)nn1. The summed E-state index contributed by atoms with van der Waals surface area (Å²) in [4.78, 5) is 12.3. The monoisotopic (exact) mass is 324 g/mol. The zero-order valence-corrected chi connectivity index (χ0v) is 13.0. The zero-order valence-electron chi connectivity index (χ0n) is 13.0. The van der Waals surface area contributed by atoms with Gasteiger partial charge in [0.1, 0.15) is 17.3 Å². The van der Waals surface area contributed by atoms with E-state index in [2.05, 4.69) is 20.8 Å². The van der Waals surface area contributed by atoms with Gasteiger partial charge in [-0.2, -0.15) is 0 Å². The minimum absolute atomic E-state index is 0.307. The van der Waals surface area contributed by atoms with E-state index < -0.39 is 0 Å². The van der Waals surface area contributed by atoms with E-state index in [1.807, 2.05) is 12.1 Å². The molecule has 1 aromatic carbocycles. The van der Waals surface area contributed by atoms with Crippen LogP contribution in [0, 0.1) is 0 Å². The predicted octanol–water partition coefficient (Wildman–Crippen LogP) is 2.94. The molecule has 0 unspecified atom stereocenters. The van der Waals surface area contributed by atoms with Crippen LogP contribution in [0.5, 0.6) is 5.75 Å². The highest BCUT2D eigenvalue weighted by atomic mass is 16.5. The smallest absolute Gasteiger partial charge is 0.260 e. The Morgan fingerprint density at radius 2 is 1.88 bits per heavy atom. The molecule has 0 spiro atoms. The Morgan fingerprint density at radius 3 is 2.58 bits per heavy atom. The molecule has 2 N–H and O–H groups in total. The lowest BCUT2D eigenvalue weighted by Crippen LogP contribution is -2.14. The summed E-state index contributed by atoms with van der Waals surface area (Å²) in [5, 5.41) is 13.8. The van der Waals surface area contributed by atoms with Gasteiger partial charge in [0, 0.05) is 0 Å². The molecule has 0 atom stereocenters.